The van der Waals surface area contributed by atoms with Gasteiger partial charge < -0.3 is 5.32 Å². The van der Waals surface area contributed by atoms with E-state index in [1.807, 2.05) is 0 Å². The molecule has 1 aromatic heterocycles. The molecule has 3 N–H and O–H groups in total. The van der Waals surface area contributed by atoms with Crippen LogP contribution in [-0.4, -0.2) is 21.1 Å². The van der Waals surface area contributed by atoms with Gasteiger partial charge in [-0.05, 0) is 25.8 Å². The summed E-state index contributed by atoms with van der Waals surface area (Å²) < 4.78 is 13.9. The molecule has 3 rings (SSSR count). The number of amides is 1. The highest BCUT2D eigenvalue weighted by atomic mass is 19.1. The molecule has 2 aromatic rings. The molecular weight excluding hydrogens is 275 g/mol. The maximum Gasteiger partial charge on any atom is 0.340 e. The Kier molecular flexibility index (Phi) is 3.12. The maximum atomic E-state index is 13.9. The van der Waals surface area contributed by atoms with E-state index in [1.54, 1.807) is 25.1 Å². The molecule has 1 aromatic carbocycles. The summed E-state index contributed by atoms with van der Waals surface area (Å²) in [6, 6.07) is 5.87. The molecule has 0 radical (unpaired) electrons. The minimum atomic E-state index is -0.795. The van der Waals surface area contributed by atoms with E-state index in [4.69, 9.17) is 0 Å². The summed E-state index contributed by atoms with van der Waals surface area (Å²) in [5, 5.41) is 8.80. The second-order valence-electron chi connectivity index (χ2n) is 5.32. The first-order chi connectivity index (χ1) is 10.0. The molecule has 1 saturated carbocycles. The molecule has 1 amide bonds. The van der Waals surface area contributed by atoms with Crippen LogP contribution in [0.5, 0.6) is 0 Å². The van der Waals surface area contributed by atoms with Crippen molar-refractivity contribution in [2.24, 2.45) is 0 Å². The van der Waals surface area contributed by atoms with Crippen molar-refractivity contribution in [1.82, 2.24) is 20.5 Å². The van der Waals surface area contributed by atoms with Gasteiger partial charge >= 0.3 is 5.69 Å². The Balaban J connectivity index is 1.79. The average molecular weight is 290 g/mol. The van der Waals surface area contributed by atoms with Crippen molar-refractivity contribution in [3.63, 3.8) is 0 Å². The molecule has 0 saturated heterocycles. The first-order valence-electron chi connectivity index (χ1n) is 6.73. The number of carbonyl (C=O) groups excluding carboxylic acids is 1. The van der Waals surface area contributed by atoms with Gasteiger partial charge in [0.05, 0.1) is 11.5 Å². The number of halogens is 1. The van der Waals surface area contributed by atoms with Crippen molar-refractivity contribution in [2.75, 3.05) is 0 Å². The molecule has 1 aliphatic carbocycles. The van der Waals surface area contributed by atoms with Gasteiger partial charge in [-0.2, -0.15) is 5.10 Å². The largest absolute Gasteiger partial charge is 0.346 e. The summed E-state index contributed by atoms with van der Waals surface area (Å²) in [4.78, 5) is 26.0. The molecule has 0 aliphatic heterocycles. The van der Waals surface area contributed by atoms with Crippen molar-refractivity contribution in [3.8, 4) is 0 Å². The molecule has 1 atom stereocenters. The van der Waals surface area contributed by atoms with E-state index >= 15 is 0 Å². The number of benzene rings is 1. The molecule has 0 spiro atoms. The van der Waals surface area contributed by atoms with E-state index in [9.17, 15) is 14.0 Å². The molecule has 1 fully saturated rings. The number of rotatable bonds is 4. The van der Waals surface area contributed by atoms with Gasteiger partial charge in [0.15, 0.2) is 5.82 Å². The highest BCUT2D eigenvalue weighted by Crippen LogP contribution is 2.49. The maximum absolute atomic E-state index is 13.9. The second kappa shape index (κ2) is 4.83. The van der Waals surface area contributed by atoms with Crippen LogP contribution in [0.3, 0.4) is 0 Å². The topological polar surface area (TPSA) is 90.6 Å². The smallest absolute Gasteiger partial charge is 0.340 e. The number of nitrogens with one attached hydrogen (secondary N) is 3. The number of aromatic nitrogens is 3. The van der Waals surface area contributed by atoms with E-state index in [-0.39, 0.29) is 11.7 Å². The zero-order chi connectivity index (χ0) is 15.0. The predicted octanol–water partition coefficient (Wildman–Crippen LogP) is 1.15. The standard InChI is InChI=1S/C14H15FN4O2/c1-8(11-17-13(21)19-18-11)16-12(20)14(6-7-14)9-4-2-3-5-10(9)15/h2-5,8H,6-7H2,1H3,(H,16,20)(H2,17,18,19,21)/t8-/m0/s1. The fourth-order valence-corrected chi connectivity index (χ4v) is 2.48. The normalized spacial score (nSPS) is 17.2. The van der Waals surface area contributed by atoms with Crippen LogP contribution in [0.25, 0.3) is 0 Å². The zero-order valence-corrected chi connectivity index (χ0v) is 11.4. The third-order valence-corrected chi connectivity index (χ3v) is 3.85. The highest BCUT2D eigenvalue weighted by molar-refractivity contribution is 5.91. The number of nitrogens with zero attached hydrogens (tertiary/aromatic N) is 1. The van der Waals surface area contributed by atoms with Crippen LogP contribution in [0.2, 0.25) is 0 Å². The zero-order valence-electron chi connectivity index (χ0n) is 11.4. The van der Waals surface area contributed by atoms with E-state index in [1.165, 1.54) is 6.07 Å². The van der Waals surface area contributed by atoms with Gasteiger partial charge in [0.25, 0.3) is 0 Å². The lowest BCUT2D eigenvalue weighted by Crippen LogP contribution is -2.37. The van der Waals surface area contributed by atoms with Gasteiger partial charge in [0.2, 0.25) is 5.91 Å². The molecule has 1 aliphatic rings. The number of hydrogen-bond acceptors (Lipinski definition) is 3. The Morgan fingerprint density at radius 1 is 1.43 bits per heavy atom. The monoisotopic (exact) mass is 290 g/mol. The van der Waals surface area contributed by atoms with Crippen LogP contribution in [0.15, 0.2) is 29.1 Å². The predicted molar refractivity (Wildman–Crippen MR) is 73.1 cm³/mol. The molecule has 21 heavy (non-hydrogen) atoms. The summed E-state index contributed by atoms with van der Waals surface area (Å²) in [5.41, 5.74) is -0.803. The summed E-state index contributed by atoms with van der Waals surface area (Å²) in [5.74, 6) is -0.271. The van der Waals surface area contributed by atoms with E-state index in [0.29, 0.717) is 24.2 Å². The molecule has 6 nitrogen and oxygen atoms in total. The number of hydrogen-bond donors (Lipinski definition) is 3. The first-order valence-corrected chi connectivity index (χ1v) is 6.73. The van der Waals surface area contributed by atoms with E-state index in [2.05, 4.69) is 20.5 Å². The lowest BCUT2D eigenvalue weighted by molar-refractivity contribution is -0.124. The van der Waals surface area contributed by atoms with Gasteiger partial charge in [-0.25, -0.2) is 14.3 Å². The van der Waals surface area contributed by atoms with Crippen LogP contribution < -0.4 is 11.0 Å². The fourth-order valence-electron chi connectivity index (χ4n) is 2.48. The Labute approximate surface area is 119 Å². The van der Waals surface area contributed by atoms with Crippen LogP contribution >= 0.6 is 0 Å². The van der Waals surface area contributed by atoms with Gasteiger partial charge in [-0.3, -0.25) is 9.78 Å². The molecule has 110 valence electrons. The van der Waals surface area contributed by atoms with Crippen LogP contribution in [0.1, 0.15) is 37.2 Å². The Bertz CT molecular complexity index is 732. The first kappa shape index (κ1) is 13.5. The minimum Gasteiger partial charge on any atom is -0.346 e. The third-order valence-electron chi connectivity index (χ3n) is 3.85. The Morgan fingerprint density at radius 3 is 2.71 bits per heavy atom. The Morgan fingerprint density at radius 2 is 2.14 bits per heavy atom. The summed E-state index contributed by atoms with van der Waals surface area (Å²) in [6.45, 7) is 1.71. The van der Waals surface area contributed by atoms with Crippen molar-refractivity contribution in [2.45, 2.75) is 31.2 Å². The van der Waals surface area contributed by atoms with Crippen molar-refractivity contribution < 1.29 is 9.18 Å². The van der Waals surface area contributed by atoms with Gasteiger partial charge in [-0.1, -0.05) is 18.2 Å². The van der Waals surface area contributed by atoms with Crippen molar-refractivity contribution >= 4 is 5.91 Å². The van der Waals surface area contributed by atoms with Crippen LogP contribution in [0, 0.1) is 5.82 Å². The molecule has 0 unspecified atom stereocenters. The lowest BCUT2D eigenvalue weighted by atomic mass is 9.94. The van der Waals surface area contributed by atoms with E-state index in [0.717, 1.165) is 0 Å². The summed E-state index contributed by atoms with van der Waals surface area (Å²) >= 11 is 0. The van der Waals surface area contributed by atoms with Crippen molar-refractivity contribution in [3.05, 3.63) is 52.0 Å². The second-order valence-corrected chi connectivity index (χ2v) is 5.32. The Hall–Kier alpha value is -2.44. The molecule has 0 bridgehead atoms. The van der Waals surface area contributed by atoms with Crippen molar-refractivity contribution in [1.29, 1.82) is 0 Å². The number of carbonyl (C=O) groups is 1. The minimum absolute atomic E-state index is 0.246. The third kappa shape index (κ3) is 2.35. The number of aromatic amines is 2. The number of H-pyrrole nitrogens is 2. The van der Waals surface area contributed by atoms with E-state index < -0.39 is 17.1 Å². The lowest BCUT2D eigenvalue weighted by Gasteiger charge is -2.19. The SMILES string of the molecule is C[C@H](NC(=O)C1(c2ccccc2F)CC1)c1n[nH]c(=O)[nH]1. The molecule has 7 heteroatoms. The molecule has 1 heterocycles. The van der Waals surface area contributed by atoms with Gasteiger partial charge in [0.1, 0.15) is 5.82 Å². The van der Waals surface area contributed by atoms with Crippen LogP contribution in [-0.2, 0) is 10.2 Å². The summed E-state index contributed by atoms with van der Waals surface area (Å²) in [7, 11) is 0. The summed E-state index contributed by atoms with van der Waals surface area (Å²) in [6.07, 6.45) is 1.23. The quantitative estimate of drug-likeness (QED) is 0.788. The van der Waals surface area contributed by atoms with Crippen LogP contribution in [0.4, 0.5) is 4.39 Å². The highest BCUT2D eigenvalue weighted by Gasteiger charge is 2.52. The molecular formula is C14H15FN4O2. The fraction of sp³-hybridized carbons (Fsp3) is 0.357. The average Bonchev–Trinajstić information content (AvgIpc) is 3.15. The van der Waals surface area contributed by atoms with Gasteiger partial charge in [-0.15, -0.1) is 0 Å². The van der Waals surface area contributed by atoms with Gasteiger partial charge in [0, 0.05) is 5.56 Å².